The van der Waals surface area contributed by atoms with Crippen molar-refractivity contribution in [2.75, 3.05) is 36.7 Å². The van der Waals surface area contributed by atoms with Crippen molar-refractivity contribution >= 4 is 22.3 Å². The Labute approximate surface area is 156 Å². The number of aryl methyl sites for hydroxylation is 1. The fourth-order valence-corrected chi connectivity index (χ4v) is 4.80. The van der Waals surface area contributed by atoms with E-state index in [1.165, 1.54) is 0 Å². The van der Waals surface area contributed by atoms with Crippen LogP contribution < -0.4 is 10.2 Å². The molecular formula is C19H24N4O2S. The molecule has 1 saturated carbocycles. The van der Waals surface area contributed by atoms with E-state index >= 15 is 0 Å². The summed E-state index contributed by atoms with van der Waals surface area (Å²) in [5.74, 6) is 1.86. The van der Waals surface area contributed by atoms with E-state index in [2.05, 4.69) is 10.3 Å². The number of aliphatic hydroxyl groups excluding tert-OH is 1. The Morgan fingerprint density at radius 1 is 1.23 bits per heavy atom. The standard InChI is InChI=1S/C19H24N4O2S/c1-23(2)14-6-4-13(5-7-14)17-20-15-8-11-26(25)16(15)18(21-17)22-19(12-24)9-3-10-19/h4-7,24H,3,8-12H2,1-2H3,(H,20,21,22)/t26-/m1/s1. The lowest BCUT2D eigenvalue weighted by molar-refractivity contribution is 0.143. The van der Waals surface area contributed by atoms with Crippen LogP contribution in [-0.2, 0) is 17.2 Å². The summed E-state index contributed by atoms with van der Waals surface area (Å²) in [5.41, 5.74) is 2.58. The summed E-state index contributed by atoms with van der Waals surface area (Å²) in [6.45, 7) is 0.0608. The van der Waals surface area contributed by atoms with Gasteiger partial charge in [0.15, 0.2) is 5.82 Å². The van der Waals surface area contributed by atoms with Crippen molar-refractivity contribution in [1.82, 2.24) is 9.97 Å². The third kappa shape index (κ3) is 2.99. The van der Waals surface area contributed by atoms with Crippen LogP contribution in [0.5, 0.6) is 0 Å². The second kappa shape index (κ2) is 6.63. The minimum atomic E-state index is -1.07. The van der Waals surface area contributed by atoms with Crippen LogP contribution >= 0.6 is 0 Å². The van der Waals surface area contributed by atoms with Gasteiger partial charge in [-0.1, -0.05) is 0 Å². The molecule has 2 N–H and O–H groups in total. The average Bonchev–Trinajstić information content (AvgIpc) is 2.99. The van der Waals surface area contributed by atoms with Crippen LogP contribution in [-0.4, -0.2) is 51.3 Å². The third-order valence-electron chi connectivity index (χ3n) is 5.33. The number of benzene rings is 1. The molecule has 1 aliphatic carbocycles. The highest BCUT2D eigenvalue weighted by Gasteiger charge is 2.38. The zero-order valence-corrected chi connectivity index (χ0v) is 16.0. The van der Waals surface area contributed by atoms with Gasteiger partial charge in [0.25, 0.3) is 0 Å². The maximum atomic E-state index is 12.5. The number of nitrogens with zero attached hydrogens (tertiary/aromatic N) is 3. The molecule has 1 fully saturated rings. The molecule has 2 heterocycles. The summed E-state index contributed by atoms with van der Waals surface area (Å²) >= 11 is 0. The van der Waals surface area contributed by atoms with E-state index in [1.54, 1.807) is 0 Å². The first kappa shape index (κ1) is 17.4. The highest BCUT2D eigenvalue weighted by atomic mass is 32.2. The minimum absolute atomic E-state index is 0.0608. The summed E-state index contributed by atoms with van der Waals surface area (Å²) in [6, 6.07) is 8.10. The second-order valence-electron chi connectivity index (χ2n) is 7.33. The molecule has 0 bridgehead atoms. The van der Waals surface area contributed by atoms with E-state index in [4.69, 9.17) is 4.98 Å². The van der Waals surface area contributed by atoms with Crippen LogP contribution in [0.1, 0.15) is 25.0 Å². The zero-order chi connectivity index (χ0) is 18.3. The van der Waals surface area contributed by atoms with Crippen LogP contribution in [0.4, 0.5) is 11.5 Å². The highest BCUT2D eigenvalue weighted by Crippen LogP contribution is 2.38. The molecule has 6 nitrogen and oxygen atoms in total. The van der Waals surface area contributed by atoms with Crippen LogP contribution in [0.25, 0.3) is 11.4 Å². The molecule has 0 spiro atoms. The van der Waals surface area contributed by atoms with Gasteiger partial charge >= 0.3 is 0 Å². The van der Waals surface area contributed by atoms with Gasteiger partial charge in [-0.25, -0.2) is 9.97 Å². The molecule has 138 valence electrons. The van der Waals surface area contributed by atoms with Gasteiger partial charge in [-0.05, 0) is 43.5 Å². The molecule has 4 rings (SSSR count). The Morgan fingerprint density at radius 3 is 2.54 bits per heavy atom. The molecule has 2 aromatic rings. The first-order chi connectivity index (χ1) is 12.5. The molecule has 26 heavy (non-hydrogen) atoms. The van der Waals surface area contributed by atoms with E-state index in [9.17, 15) is 9.32 Å². The molecule has 1 atom stereocenters. The maximum absolute atomic E-state index is 12.5. The normalized spacial score (nSPS) is 20.3. The summed E-state index contributed by atoms with van der Waals surface area (Å²) < 4.78 is 12.5. The van der Waals surface area contributed by atoms with Gasteiger partial charge in [-0.3, -0.25) is 4.21 Å². The molecule has 1 aliphatic heterocycles. The number of hydrogen-bond donors (Lipinski definition) is 2. The van der Waals surface area contributed by atoms with E-state index in [-0.39, 0.29) is 12.1 Å². The predicted octanol–water partition coefficient (Wildman–Crippen LogP) is 2.20. The van der Waals surface area contributed by atoms with Crippen LogP contribution in [0.3, 0.4) is 0 Å². The Morgan fingerprint density at radius 2 is 1.96 bits per heavy atom. The fourth-order valence-electron chi connectivity index (χ4n) is 3.50. The molecule has 7 heteroatoms. The molecule has 2 aliphatic rings. The van der Waals surface area contributed by atoms with Gasteiger partial charge in [-0.15, -0.1) is 0 Å². The summed E-state index contributed by atoms with van der Waals surface area (Å²) in [4.78, 5) is 12.2. The Kier molecular flexibility index (Phi) is 4.44. The number of rotatable bonds is 5. The topological polar surface area (TPSA) is 78.3 Å². The second-order valence-corrected chi connectivity index (χ2v) is 8.84. The van der Waals surface area contributed by atoms with Crippen molar-refractivity contribution in [3.63, 3.8) is 0 Å². The van der Waals surface area contributed by atoms with Crippen LogP contribution in [0, 0.1) is 0 Å². The van der Waals surface area contributed by atoms with Crippen molar-refractivity contribution in [3.05, 3.63) is 30.0 Å². The van der Waals surface area contributed by atoms with E-state index in [0.717, 1.165) is 41.1 Å². The van der Waals surface area contributed by atoms with Gasteiger partial charge in [0.05, 0.1) is 28.6 Å². The number of anilines is 2. The lowest BCUT2D eigenvalue weighted by atomic mass is 9.77. The number of aromatic nitrogens is 2. The summed E-state index contributed by atoms with van der Waals surface area (Å²) in [5, 5.41) is 13.2. The first-order valence-electron chi connectivity index (χ1n) is 8.97. The molecule has 1 aromatic heterocycles. The number of fused-ring (bicyclic) bond motifs is 1. The average molecular weight is 372 g/mol. The number of hydrogen-bond acceptors (Lipinski definition) is 6. The van der Waals surface area contributed by atoms with Crippen LogP contribution in [0.2, 0.25) is 0 Å². The predicted molar refractivity (Wildman–Crippen MR) is 104 cm³/mol. The van der Waals surface area contributed by atoms with E-state index in [0.29, 0.717) is 23.8 Å². The maximum Gasteiger partial charge on any atom is 0.161 e. The number of nitrogens with one attached hydrogen (secondary N) is 1. The van der Waals surface area contributed by atoms with Gasteiger partial charge in [0, 0.05) is 37.5 Å². The number of aliphatic hydroxyl groups is 1. The van der Waals surface area contributed by atoms with Crippen LogP contribution in [0.15, 0.2) is 29.2 Å². The van der Waals surface area contributed by atoms with Crippen molar-refractivity contribution in [2.24, 2.45) is 0 Å². The summed E-state index contributed by atoms with van der Waals surface area (Å²) in [7, 11) is 2.94. The fraction of sp³-hybridized carbons (Fsp3) is 0.474. The molecule has 0 amide bonds. The highest BCUT2D eigenvalue weighted by molar-refractivity contribution is 7.85. The largest absolute Gasteiger partial charge is 0.394 e. The van der Waals surface area contributed by atoms with Crippen molar-refractivity contribution in [2.45, 2.75) is 36.1 Å². The molecule has 0 unspecified atom stereocenters. The molecule has 0 radical (unpaired) electrons. The Bertz CT molecular complexity index is 842. The quantitative estimate of drug-likeness (QED) is 0.838. The Hall–Kier alpha value is -1.99. The lowest BCUT2D eigenvalue weighted by Crippen LogP contribution is -2.48. The first-order valence-corrected chi connectivity index (χ1v) is 10.3. The third-order valence-corrected chi connectivity index (χ3v) is 6.79. The van der Waals surface area contributed by atoms with Crippen molar-refractivity contribution in [3.8, 4) is 11.4 Å². The molecule has 1 aromatic carbocycles. The SMILES string of the molecule is CN(C)c1ccc(-c2nc3c(c(NC4(CO)CCC4)n2)[S@](=O)CC3)cc1. The zero-order valence-electron chi connectivity index (χ0n) is 15.2. The van der Waals surface area contributed by atoms with Crippen molar-refractivity contribution < 1.29 is 9.32 Å². The molecular weight excluding hydrogens is 348 g/mol. The van der Waals surface area contributed by atoms with Gasteiger partial charge in [-0.2, -0.15) is 0 Å². The van der Waals surface area contributed by atoms with E-state index in [1.807, 2.05) is 43.3 Å². The smallest absolute Gasteiger partial charge is 0.161 e. The molecule has 0 saturated heterocycles. The van der Waals surface area contributed by atoms with Crippen molar-refractivity contribution in [1.29, 1.82) is 0 Å². The van der Waals surface area contributed by atoms with Gasteiger partial charge in [0.2, 0.25) is 0 Å². The summed E-state index contributed by atoms with van der Waals surface area (Å²) in [6.07, 6.45) is 3.60. The lowest BCUT2D eigenvalue weighted by Gasteiger charge is -2.41. The minimum Gasteiger partial charge on any atom is -0.394 e. The Balaban J connectivity index is 1.75. The monoisotopic (exact) mass is 372 g/mol. The van der Waals surface area contributed by atoms with E-state index < -0.39 is 10.8 Å². The van der Waals surface area contributed by atoms with Gasteiger partial charge < -0.3 is 15.3 Å². The van der Waals surface area contributed by atoms with Gasteiger partial charge in [0.1, 0.15) is 10.7 Å².